The lowest BCUT2D eigenvalue weighted by Gasteiger charge is -2.38. The third kappa shape index (κ3) is 5.48. The molecule has 0 saturated heterocycles. The van der Waals surface area contributed by atoms with Crippen LogP contribution < -0.4 is 15.2 Å². The molecule has 0 aromatic heterocycles. The van der Waals surface area contributed by atoms with E-state index in [-0.39, 0.29) is 11.5 Å². The maximum atomic E-state index is 14.4. The van der Waals surface area contributed by atoms with Crippen LogP contribution in [0.15, 0.2) is 97.1 Å². The van der Waals surface area contributed by atoms with E-state index in [1.54, 1.807) is 36.4 Å². The molecule has 0 saturated carbocycles. The summed E-state index contributed by atoms with van der Waals surface area (Å²) in [7, 11) is 0. The van der Waals surface area contributed by atoms with Crippen LogP contribution in [0.3, 0.4) is 0 Å². The zero-order valence-electron chi connectivity index (χ0n) is 18.8. The molecule has 0 bridgehead atoms. The zero-order chi connectivity index (χ0) is 26.8. The maximum Gasteiger partial charge on any atom is 0.411 e. The van der Waals surface area contributed by atoms with Crippen LogP contribution in [-0.2, 0) is 5.41 Å². The highest BCUT2D eigenvalue weighted by Gasteiger charge is 2.72. The monoisotopic (exact) mass is 629 g/mol. The SMILES string of the molecule is Nc1ccc(Oc2ccc(C(c3ccc(Oc4ccc(I)cc4)cc3)(C(F)(F)F)C(F)(F)F)cc2)cc1. The lowest BCUT2D eigenvalue weighted by atomic mass is 9.73. The van der Waals surface area contributed by atoms with Crippen molar-refractivity contribution in [3.8, 4) is 23.0 Å². The van der Waals surface area contributed by atoms with Crippen molar-refractivity contribution in [3.63, 3.8) is 0 Å². The van der Waals surface area contributed by atoms with Gasteiger partial charge < -0.3 is 15.2 Å². The van der Waals surface area contributed by atoms with Crippen LogP contribution >= 0.6 is 22.6 Å². The summed E-state index contributed by atoms with van der Waals surface area (Å²) in [6, 6.07) is 20.3. The Kier molecular flexibility index (Phi) is 7.31. The molecule has 192 valence electrons. The summed E-state index contributed by atoms with van der Waals surface area (Å²) in [6.07, 6.45) is -11.4. The van der Waals surface area contributed by atoms with Crippen LogP contribution in [0.1, 0.15) is 11.1 Å². The van der Waals surface area contributed by atoms with E-state index in [0.29, 0.717) is 17.2 Å². The molecule has 2 N–H and O–H groups in total. The van der Waals surface area contributed by atoms with Crippen LogP contribution in [0.2, 0.25) is 0 Å². The normalized spacial score (nSPS) is 12.3. The number of nitrogen functional groups attached to an aromatic ring is 1. The van der Waals surface area contributed by atoms with Gasteiger partial charge in [0.05, 0.1) is 0 Å². The number of benzene rings is 4. The Bertz CT molecular complexity index is 1230. The summed E-state index contributed by atoms with van der Waals surface area (Å²) >= 11 is 2.09. The first-order valence-corrected chi connectivity index (χ1v) is 11.8. The predicted octanol–water partition coefficient (Wildman–Crippen LogP) is 8.87. The van der Waals surface area contributed by atoms with Crippen molar-refractivity contribution in [2.24, 2.45) is 0 Å². The molecular formula is C27H18F6INO2. The highest BCUT2D eigenvalue weighted by molar-refractivity contribution is 14.1. The summed E-state index contributed by atoms with van der Waals surface area (Å²) in [5.41, 5.74) is -0.193. The van der Waals surface area contributed by atoms with Gasteiger partial charge >= 0.3 is 12.4 Å². The molecule has 4 aromatic carbocycles. The standard InChI is InChI=1S/C27H18F6INO2/c28-26(29,30)25(27(31,32)33,17-1-9-21(10-2-17)36-23-13-5-19(34)6-14-23)18-3-11-22(12-4-18)37-24-15-7-20(35)8-16-24/h1-16H,35H2. The highest BCUT2D eigenvalue weighted by Crippen LogP contribution is 2.56. The van der Waals surface area contributed by atoms with E-state index in [9.17, 15) is 26.3 Å². The molecule has 0 radical (unpaired) electrons. The highest BCUT2D eigenvalue weighted by atomic mass is 127. The van der Waals surface area contributed by atoms with E-state index >= 15 is 0 Å². The van der Waals surface area contributed by atoms with E-state index in [1.807, 2.05) is 0 Å². The van der Waals surface area contributed by atoms with E-state index in [1.165, 1.54) is 12.1 Å². The maximum absolute atomic E-state index is 14.4. The van der Waals surface area contributed by atoms with Gasteiger partial charge in [0.25, 0.3) is 0 Å². The number of hydrogen-bond acceptors (Lipinski definition) is 3. The first kappa shape index (κ1) is 26.6. The third-order valence-electron chi connectivity index (χ3n) is 5.59. The van der Waals surface area contributed by atoms with Gasteiger partial charge in [0.1, 0.15) is 23.0 Å². The first-order chi connectivity index (χ1) is 17.4. The molecule has 4 rings (SSSR count). The molecule has 0 aliphatic rings. The molecule has 0 spiro atoms. The number of anilines is 1. The predicted molar refractivity (Wildman–Crippen MR) is 136 cm³/mol. The first-order valence-electron chi connectivity index (χ1n) is 10.7. The number of hydrogen-bond donors (Lipinski definition) is 1. The number of alkyl halides is 6. The second-order valence-electron chi connectivity index (χ2n) is 8.02. The van der Waals surface area contributed by atoms with Gasteiger partial charge in [-0.05, 0) is 107 Å². The quantitative estimate of drug-likeness (QED) is 0.132. The third-order valence-corrected chi connectivity index (χ3v) is 6.31. The second kappa shape index (κ2) is 10.2. The van der Waals surface area contributed by atoms with Gasteiger partial charge in [-0.2, -0.15) is 26.3 Å². The summed E-state index contributed by atoms with van der Waals surface area (Å²) in [6.45, 7) is 0. The Labute approximate surface area is 222 Å². The van der Waals surface area contributed by atoms with Gasteiger partial charge in [-0.3, -0.25) is 0 Å². The topological polar surface area (TPSA) is 44.5 Å². The summed E-state index contributed by atoms with van der Waals surface area (Å²) in [5.74, 6) is 0.870. The molecule has 0 aliphatic carbocycles. The lowest BCUT2D eigenvalue weighted by molar-refractivity contribution is -0.288. The molecule has 0 unspecified atom stereocenters. The minimum Gasteiger partial charge on any atom is -0.457 e. The summed E-state index contributed by atoms with van der Waals surface area (Å²) in [5, 5.41) is 0. The molecule has 0 atom stereocenters. The molecule has 0 aliphatic heterocycles. The average molecular weight is 629 g/mol. The molecule has 10 heteroatoms. The molecule has 0 amide bonds. The van der Waals surface area contributed by atoms with Crippen LogP contribution in [0.25, 0.3) is 0 Å². The van der Waals surface area contributed by atoms with Crippen LogP contribution in [0, 0.1) is 3.57 Å². The smallest absolute Gasteiger partial charge is 0.411 e. The Hall–Kier alpha value is -3.41. The van der Waals surface area contributed by atoms with Gasteiger partial charge in [-0.15, -0.1) is 0 Å². The molecule has 4 aromatic rings. The molecule has 37 heavy (non-hydrogen) atoms. The molecule has 0 fully saturated rings. The van der Waals surface area contributed by atoms with Gasteiger partial charge in [0.15, 0.2) is 0 Å². The van der Waals surface area contributed by atoms with Crippen molar-refractivity contribution in [1.82, 2.24) is 0 Å². The van der Waals surface area contributed by atoms with Crippen molar-refractivity contribution < 1.29 is 35.8 Å². The van der Waals surface area contributed by atoms with Crippen LogP contribution in [-0.4, -0.2) is 12.4 Å². The van der Waals surface area contributed by atoms with Crippen molar-refractivity contribution >= 4 is 28.3 Å². The van der Waals surface area contributed by atoms with E-state index in [2.05, 4.69) is 22.6 Å². The van der Waals surface area contributed by atoms with Crippen LogP contribution in [0.5, 0.6) is 23.0 Å². The average Bonchev–Trinajstić information content (AvgIpc) is 2.83. The van der Waals surface area contributed by atoms with E-state index in [0.717, 1.165) is 52.1 Å². The fourth-order valence-corrected chi connectivity index (χ4v) is 4.20. The molecular weight excluding hydrogens is 611 g/mol. The zero-order valence-corrected chi connectivity index (χ0v) is 20.9. The largest absolute Gasteiger partial charge is 0.457 e. The number of rotatable bonds is 6. The van der Waals surface area contributed by atoms with Crippen molar-refractivity contribution in [3.05, 3.63) is 112 Å². The summed E-state index contributed by atoms with van der Waals surface area (Å²) in [4.78, 5) is 0. The van der Waals surface area contributed by atoms with Gasteiger partial charge in [0, 0.05) is 9.26 Å². The number of nitrogens with two attached hydrogens (primary N) is 1. The summed E-state index contributed by atoms with van der Waals surface area (Å²) < 4.78 is 98.5. The fourth-order valence-electron chi connectivity index (χ4n) is 3.84. The van der Waals surface area contributed by atoms with Crippen molar-refractivity contribution in [2.45, 2.75) is 17.8 Å². The molecule has 3 nitrogen and oxygen atoms in total. The fraction of sp³-hybridized carbons (Fsp3) is 0.111. The van der Waals surface area contributed by atoms with E-state index < -0.39 is 28.9 Å². The van der Waals surface area contributed by atoms with E-state index in [4.69, 9.17) is 15.2 Å². The Morgan fingerprint density at radius 3 is 1.11 bits per heavy atom. The lowest BCUT2D eigenvalue weighted by Crippen LogP contribution is -2.54. The number of halogens is 7. The van der Waals surface area contributed by atoms with Gasteiger partial charge in [-0.1, -0.05) is 24.3 Å². The van der Waals surface area contributed by atoms with Gasteiger partial charge in [-0.25, -0.2) is 0 Å². The van der Waals surface area contributed by atoms with Gasteiger partial charge in [0.2, 0.25) is 5.41 Å². The van der Waals surface area contributed by atoms with Crippen molar-refractivity contribution in [2.75, 3.05) is 5.73 Å². The van der Waals surface area contributed by atoms with Crippen LogP contribution in [0.4, 0.5) is 32.0 Å². The second-order valence-corrected chi connectivity index (χ2v) is 9.27. The Morgan fingerprint density at radius 1 is 0.486 bits per heavy atom. The molecule has 0 heterocycles. The van der Waals surface area contributed by atoms with Crippen molar-refractivity contribution in [1.29, 1.82) is 0 Å². The Morgan fingerprint density at radius 2 is 0.784 bits per heavy atom. The minimum absolute atomic E-state index is 0.0630. The Balaban J connectivity index is 1.71. The minimum atomic E-state index is -5.71. The number of ether oxygens (including phenoxy) is 2.